The molecule has 1 N–H and O–H groups in total. The molecule has 0 bridgehead atoms. The molecule has 1 fully saturated rings. The number of ether oxygens (including phenoxy) is 3. The lowest BCUT2D eigenvalue weighted by atomic mass is 10.1. The maximum atomic E-state index is 14.6. The highest BCUT2D eigenvalue weighted by molar-refractivity contribution is 5.43. The number of halogens is 2. The van der Waals surface area contributed by atoms with Gasteiger partial charge in [0.25, 0.3) is 0 Å². The van der Waals surface area contributed by atoms with Gasteiger partial charge in [-0.3, -0.25) is 4.90 Å². The van der Waals surface area contributed by atoms with Crippen LogP contribution in [0, 0.1) is 18.6 Å². The van der Waals surface area contributed by atoms with Gasteiger partial charge in [-0.05, 0) is 50.5 Å². The first-order valence-corrected chi connectivity index (χ1v) is 13.3. The predicted octanol–water partition coefficient (Wildman–Crippen LogP) is 5.41. The van der Waals surface area contributed by atoms with E-state index in [1.165, 1.54) is 6.07 Å². The quantitative estimate of drug-likeness (QED) is 0.282. The average molecular weight is 530 g/mol. The Kier molecular flexibility index (Phi) is 10.2. The molecule has 3 aromatic rings. The van der Waals surface area contributed by atoms with Gasteiger partial charge in [-0.15, -0.1) is 0 Å². The SMILES string of the molecule is CCCCOC[C@H](O)CN(Cc1c(C)nn(-c2ccccc2)c1Oc1ccc(F)cc1F)C[C@H]1CCCO1. The molecule has 1 aromatic heterocycles. The fourth-order valence-electron chi connectivity index (χ4n) is 4.55. The number of aliphatic hydroxyl groups is 1. The lowest BCUT2D eigenvalue weighted by Gasteiger charge is -2.27. The summed E-state index contributed by atoms with van der Waals surface area (Å²) in [6, 6.07) is 12.6. The van der Waals surface area contributed by atoms with Crippen molar-refractivity contribution in [1.82, 2.24) is 14.7 Å². The van der Waals surface area contributed by atoms with Crippen LogP contribution < -0.4 is 4.74 Å². The number of rotatable bonds is 14. The number of para-hydroxylation sites is 1. The van der Waals surface area contributed by atoms with Crippen LogP contribution in [0.25, 0.3) is 5.69 Å². The molecule has 2 aromatic carbocycles. The van der Waals surface area contributed by atoms with Gasteiger partial charge in [0.05, 0.1) is 35.8 Å². The van der Waals surface area contributed by atoms with Gasteiger partial charge in [-0.1, -0.05) is 31.5 Å². The monoisotopic (exact) mass is 529 g/mol. The second kappa shape index (κ2) is 13.8. The van der Waals surface area contributed by atoms with Crippen LogP contribution in [0.2, 0.25) is 0 Å². The second-order valence-electron chi connectivity index (χ2n) is 9.70. The minimum atomic E-state index is -0.801. The van der Waals surface area contributed by atoms with Crippen molar-refractivity contribution in [2.45, 2.75) is 58.3 Å². The molecule has 2 atom stereocenters. The number of hydrogen-bond donors (Lipinski definition) is 1. The number of aliphatic hydroxyl groups excluding tert-OH is 1. The second-order valence-corrected chi connectivity index (χ2v) is 9.70. The maximum absolute atomic E-state index is 14.6. The Balaban J connectivity index is 1.63. The summed E-state index contributed by atoms with van der Waals surface area (Å²) in [5.74, 6) is -1.24. The van der Waals surface area contributed by atoms with E-state index in [1.54, 1.807) is 4.68 Å². The van der Waals surface area contributed by atoms with Gasteiger partial charge in [0.2, 0.25) is 5.88 Å². The van der Waals surface area contributed by atoms with Crippen LogP contribution in [-0.4, -0.2) is 64.9 Å². The summed E-state index contributed by atoms with van der Waals surface area (Å²) in [6.07, 6.45) is 3.31. The van der Waals surface area contributed by atoms with Crippen LogP contribution in [0.4, 0.5) is 8.78 Å². The van der Waals surface area contributed by atoms with Crippen molar-refractivity contribution in [1.29, 1.82) is 0 Å². The van der Waals surface area contributed by atoms with Crippen molar-refractivity contribution in [2.24, 2.45) is 0 Å². The summed E-state index contributed by atoms with van der Waals surface area (Å²) in [4.78, 5) is 2.11. The molecule has 0 spiro atoms. The Morgan fingerprint density at radius 1 is 1.21 bits per heavy atom. The van der Waals surface area contributed by atoms with Crippen LogP contribution >= 0.6 is 0 Å². The van der Waals surface area contributed by atoms with Crippen molar-refractivity contribution < 1.29 is 28.1 Å². The Morgan fingerprint density at radius 3 is 2.74 bits per heavy atom. The molecule has 0 unspecified atom stereocenters. The lowest BCUT2D eigenvalue weighted by Crippen LogP contribution is -2.39. The summed E-state index contributed by atoms with van der Waals surface area (Å²) < 4.78 is 47.4. The number of aromatic nitrogens is 2. The zero-order valence-corrected chi connectivity index (χ0v) is 22.1. The largest absolute Gasteiger partial charge is 0.435 e. The highest BCUT2D eigenvalue weighted by Crippen LogP contribution is 2.33. The van der Waals surface area contributed by atoms with E-state index in [2.05, 4.69) is 11.8 Å². The van der Waals surface area contributed by atoms with Gasteiger partial charge < -0.3 is 19.3 Å². The molecular weight excluding hydrogens is 492 g/mol. The molecule has 7 nitrogen and oxygen atoms in total. The van der Waals surface area contributed by atoms with Gasteiger partial charge in [0, 0.05) is 38.9 Å². The van der Waals surface area contributed by atoms with Crippen LogP contribution in [-0.2, 0) is 16.0 Å². The van der Waals surface area contributed by atoms with Crippen molar-refractivity contribution >= 4 is 0 Å². The number of aryl methyl sites for hydroxylation is 1. The minimum absolute atomic E-state index is 0.0617. The first kappa shape index (κ1) is 28.2. The standard InChI is InChI=1S/C29H37F2N3O4/c1-3-4-14-36-20-24(35)17-33(18-25-11-8-15-37-25)19-26-21(2)32-34(23-9-6-5-7-10-23)29(26)38-28-13-12-22(30)16-27(28)31/h5-7,9-10,12-13,16,24-25,35H,3-4,8,11,14-15,17-20H2,1-2H3/t24-,25-/m1/s1. The van der Waals surface area contributed by atoms with E-state index in [0.29, 0.717) is 37.8 Å². The number of benzene rings is 2. The zero-order valence-electron chi connectivity index (χ0n) is 22.1. The van der Waals surface area contributed by atoms with E-state index in [0.717, 1.165) is 55.7 Å². The predicted molar refractivity (Wildman–Crippen MR) is 141 cm³/mol. The first-order chi connectivity index (χ1) is 18.4. The molecular formula is C29H37F2N3O4. The summed E-state index contributed by atoms with van der Waals surface area (Å²) in [5, 5.41) is 15.5. The van der Waals surface area contributed by atoms with Gasteiger partial charge in [-0.2, -0.15) is 5.10 Å². The van der Waals surface area contributed by atoms with E-state index >= 15 is 0 Å². The molecule has 0 saturated carbocycles. The lowest BCUT2D eigenvalue weighted by molar-refractivity contribution is 0.00136. The third-order valence-corrected chi connectivity index (χ3v) is 6.53. The Morgan fingerprint density at radius 2 is 2.03 bits per heavy atom. The van der Waals surface area contributed by atoms with Crippen LogP contribution in [0.1, 0.15) is 43.9 Å². The third kappa shape index (κ3) is 7.60. The van der Waals surface area contributed by atoms with E-state index in [1.807, 2.05) is 37.3 Å². The fraction of sp³-hybridized carbons (Fsp3) is 0.483. The first-order valence-electron chi connectivity index (χ1n) is 13.3. The van der Waals surface area contributed by atoms with E-state index in [4.69, 9.17) is 19.3 Å². The maximum Gasteiger partial charge on any atom is 0.227 e. The van der Waals surface area contributed by atoms with Gasteiger partial charge in [0.1, 0.15) is 5.82 Å². The molecule has 0 aliphatic carbocycles. The van der Waals surface area contributed by atoms with Crippen molar-refractivity contribution in [3.63, 3.8) is 0 Å². The molecule has 1 aliphatic rings. The Hall–Kier alpha value is -2.85. The molecule has 9 heteroatoms. The average Bonchev–Trinajstić information content (AvgIpc) is 3.52. The van der Waals surface area contributed by atoms with Gasteiger partial charge in [-0.25, -0.2) is 13.5 Å². The highest BCUT2D eigenvalue weighted by Gasteiger charge is 2.26. The zero-order chi connectivity index (χ0) is 26.9. The Labute approximate surface area is 222 Å². The van der Waals surface area contributed by atoms with Gasteiger partial charge in [0.15, 0.2) is 11.6 Å². The molecule has 4 rings (SSSR count). The van der Waals surface area contributed by atoms with E-state index < -0.39 is 17.7 Å². The number of nitrogens with zero attached hydrogens (tertiary/aromatic N) is 3. The molecule has 1 aliphatic heterocycles. The summed E-state index contributed by atoms with van der Waals surface area (Å²) in [7, 11) is 0. The van der Waals surface area contributed by atoms with E-state index in [9.17, 15) is 13.9 Å². The van der Waals surface area contributed by atoms with Crippen LogP contribution in [0.15, 0.2) is 48.5 Å². The van der Waals surface area contributed by atoms with Crippen molar-refractivity contribution in [2.75, 3.05) is 32.9 Å². The smallest absolute Gasteiger partial charge is 0.227 e. The molecule has 0 amide bonds. The topological polar surface area (TPSA) is 69.0 Å². The Bertz CT molecular complexity index is 1150. The summed E-state index contributed by atoms with van der Waals surface area (Å²) in [6.45, 7) is 6.93. The third-order valence-electron chi connectivity index (χ3n) is 6.53. The highest BCUT2D eigenvalue weighted by atomic mass is 19.1. The normalized spacial score (nSPS) is 16.3. The summed E-state index contributed by atoms with van der Waals surface area (Å²) >= 11 is 0. The summed E-state index contributed by atoms with van der Waals surface area (Å²) in [5.41, 5.74) is 2.20. The van der Waals surface area contributed by atoms with Crippen molar-refractivity contribution in [3.05, 3.63) is 71.4 Å². The van der Waals surface area contributed by atoms with Crippen molar-refractivity contribution in [3.8, 4) is 17.3 Å². The molecule has 38 heavy (non-hydrogen) atoms. The molecule has 206 valence electrons. The fourth-order valence-corrected chi connectivity index (χ4v) is 4.55. The van der Waals surface area contributed by atoms with E-state index in [-0.39, 0.29) is 18.5 Å². The molecule has 1 saturated heterocycles. The number of hydrogen-bond acceptors (Lipinski definition) is 6. The van der Waals surface area contributed by atoms with Gasteiger partial charge >= 0.3 is 0 Å². The van der Waals surface area contributed by atoms with Crippen LogP contribution in [0.5, 0.6) is 11.6 Å². The molecule has 0 radical (unpaired) electrons. The van der Waals surface area contributed by atoms with Crippen LogP contribution in [0.3, 0.4) is 0 Å². The molecule has 2 heterocycles. The minimum Gasteiger partial charge on any atom is -0.435 e. The number of unbranched alkanes of at least 4 members (excludes halogenated alkanes) is 1.